The molecule has 2 rings (SSSR count). The van der Waals surface area contributed by atoms with Crippen molar-refractivity contribution < 1.29 is 0 Å². The third-order valence-electron chi connectivity index (χ3n) is 3.30. The van der Waals surface area contributed by atoms with Crippen molar-refractivity contribution in [2.75, 3.05) is 19.0 Å². The summed E-state index contributed by atoms with van der Waals surface area (Å²) in [6, 6.07) is 8.40. The lowest BCUT2D eigenvalue weighted by atomic mass is 10.3. The van der Waals surface area contributed by atoms with Gasteiger partial charge >= 0.3 is 0 Å². The Morgan fingerprint density at radius 2 is 1.80 bits per heavy atom. The van der Waals surface area contributed by atoms with E-state index in [0.717, 1.165) is 11.4 Å². The van der Waals surface area contributed by atoms with E-state index < -0.39 is 0 Å². The molecule has 0 N–H and O–H groups in total. The van der Waals surface area contributed by atoms with Crippen molar-refractivity contribution in [2.45, 2.75) is 43.9 Å². The molecule has 0 spiro atoms. The van der Waals surface area contributed by atoms with Gasteiger partial charge < -0.3 is 0 Å². The highest BCUT2D eigenvalue weighted by Gasteiger charge is 2.08. The van der Waals surface area contributed by atoms with E-state index >= 15 is 0 Å². The standard InChI is InChI=1S/C16H24N2S2/c1-3-5-11-18(12-6-4-2)13-19-16-17-14-9-7-8-10-15(14)20-16/h7-10H,3-6,11-13H2,1-2H3. The molecule has 0 bridgehead atoms. The van der Waals surface area contributed by atoms with Crippen LogP contribution in [0.2, 0.25) is 0 Å². The number of fused-ring (bicyclic) bond motifs is 1. The zero-order valence-corrected chi connectivity index (χ0v) is 14.1. The van der Waals surface area contributed by atoms with Crippen molar-refractivity contribution in [3.63, 3.8) is 0 Å². The van der Waals surface area contributed by atoms with Gasteiger partial charge in [-0.3, -0.25) is 4.90 Å². The van der Waals surface area contributed by atoms with E-state index in [9.17, 15) is 0 Å². The fraction of sp³-hybridized carbons (Fsp3) is 0.562. The van der Waals surface area contributed by atoms with Gasteiger partial charge in [-0.1, -0.05) is 50.6 Å². The monoisotopic (exact) mass is 308 g/mol. The number of benzene rings is 1. The first-order valence-corrected chi connectivity index (χ1v) is 9.34. The van der Waals surface area contributed by atoms with E-state index in [0.29, 0.717) is 0 Å². The Bertz CT molecular complexity index is 469. The molecule has 0 saturated carbocycles. The van der Waals surface area contributed by atoms with Gasteiger partial charge in [-0.2, -0.15) is 0 Å². The van der Waals surface area contributed by atoms with Gasteiger partial charge in [0.05, 0.1) is 16.1 Å². The molecule has 4 heteroatoms. The lowest BCUT2D eigenvalue weighted by Gasteiger charge is -2.20. The number of rotatable bonds is 9. The summed E-state index contributed by atoms with van der Waals surface area (Å²) in [7, 11) is 0. The van der Waals surface area contributed by atoms with Crippen LogP contribution >= 0.6 is 23.1 Å². The van der Waals surface area contributed by atoms with Crippen molar-refractivity contribution in [1.82, 2.24) is 9.88 Å². The summed E-state index contributed by atoms with van der Waals surface area (Å²) in [5, 5.41) is 0. The summed E-state index contributed by atoms with van der Waals surface area (Å²) in [6.07, 6.45) is 5.14. The summed E-state index contributed by atoms with van der Waals surface area (Å²) in [5.41, 5.74) is 1.13. The number of thioether (sulfide) groups is 1. The van der Waals surface area contributed by atoms with Gasteiger partial charge in [0.2, 0.25) is 0 Å². The second kappa shape index (κ2) is 8.65. The Balaban J connectivity index is 1.89. The average molecular weight is 309 g/mol. The summed E-state index contributed by atoms with van der Waals surface area (Å²) >= 11 is 3.70. The Kier molecular flexibility index (Phi) is 6.83. The largest absolute Gasteiger partial charge is 0.294 e. The zero-order chi connectivity index (χ0) is 14.2. The highest BCUT2D eigenvalue weighted by molar-refractivity contribution is 8.01. The molecule has 0 aliphatic carbocycles. The maximum absolute atomic E-state index is 4.70. The molecule has 0 fully saturated rings. The minimum atomic E-state index is 1.07. The van der Waals surface area contributed by atoms with Gasteiger partial charge in [-0.15, -0.1) is 11.3 Å². The fourth-order valence-corrected chi connectivity index (χ4v) is 4.14. The van der Waals surface area contributed by atoms with E-state index in [2.05, 4.69) is 43.0 Å². The van der Waals surface area contributed by atoms with Crippen LogP contribution in [0.4, 0.5) is 0 Å². The topological polar surface area (TPSA) is 16.1 Å². The third kappa shape index (κ3) is 4.76. The van der Waals surface area contributed by atoms with Crippen LogP contribution in [-0.2, 0) is 0 Å². The summed E-state index contributed by atoms with van der Waals surface area (Å²) in [4.78, 5) is 7.27. The van der Waals surface area contributed by atoms with Crippen LogP contribution < -0.4 is 0 Å². The number of hydrogen-bond donors (Lipinski definition) is 0. The van der Waals surface area contributed by atoms with Crippen LogP contribution in [0.5, 0.6) is 0 Å². The van der Waals surface area contributed by atoms with Gasteiger partial charge in [0.15, 0.2) is 4.34 Å². The normalized spacial score (nSPS) is 11.6. The molecule has 0 aliphatic rings. The van der Waals surface area contributed by atoms with E-state index in [-0.39, 0.29) is 0 Å². The van der Waals surface area contributed by atoms with E-state index in [1.54, 1.807) is 0 Å². The van der Waals surface area contributed by atoms with Gasteiger partial charge in [0.1, 0.15) is 0 Å². The SMILES string of the molecule is CCCCN(CCCC)CSc1nc2ccccc2s1. The van der Waals surface area contributed by atoms with Crippen molar-refractivity contribution in [3.8, 4) is 0 Å². The molecule has 0 unspecified atom stereocenters. The van der Waals surface area contributed by atoms with Crippen molar-refractivity contribution in [1.29, 1.82) is 0 Å². The molecule has 0 atom stereocenters. The number of para-hydroxylation sites is 1. The molecular weight excluding hydrogens is 284 g/mol. The highest BCUT2D eigenvalue weighted by Crippen LogP contribution is 2.29. The Labute approximate surface area is 130 Å². The van der Waals surface area contributed by atoms with Crippen LogP contribution in [0.15, 0.2) is 28.6 Å². The zero-order valence-electron chi connectivity index (χ0n) is 12.5. The molecule has 2 nitrogen and oxygen atoms in total. The van der Waals surface area contributed by atoms with Gasteiger partial charge in [-0.25, -0.2) is 4.98 Å². The number of thiazole rings is 1. The van der Waals surface area contributed by atoms with Crippen molar-refractivity contribution in [3.05, 3.63) is 24.3 Å². The molecule has 1 aromatic heterocycles. The smallest absolute Gasteiger partial charge is 0.152 e. The Morgan fingerprint density at radius 1 is 1.10 bits per heavy atom. The summed E-state index contributed by atoms with van der Waals surface area (Å²) < 4.78 is 2.49. The molecule has 2 aromatic rings. The molecule has 20 heavy (non-hydrogen) atoms. The second-order valence-electron chi connectivity index (χ2n) is 5.05. The number of nitrogens with zero attached hydrogens (tertiary/aromatic N) is 2. The minimum Gasteiger partial charge on any atom is -0.294 e. The van der Waals surface area contributed by atoms with Gasteiger partial charge in [0.25, 0.3) is 0 Å². The number of aromatic nitrogens is 1. The summed E-state index contributed by atoms with van der Waals surface area (Å²) in [6.45, 7) is 6.96. The molecule has 110 valence electrons. The van der Waals surface area contributed by atoms with Crippen molar-refractivity contribution in [2.24, 2.45) is 0 Å². The minimum absolute atomic E-state index is 1.07. The number of unbranched alkanes of at least 4 members (excludes halogenated alkanes) is 2. The quantitative estimate of drug-likeness (QED) is 0.465. The van der Waals surface area contributed by atoms with Crippen LogP contribution in [0.25, 0.3) is 10.2 Å². The molecule has 1 heterocycles. The molecule has 0 radical (unpaired) electrons. The summed E-state index contributed by atoms with van der Waals surface area (Å²) in [5.74, 6) is 1.07. The third-order valence-corrected chi connectivity index (χ3v) is 5.57. The first kappa shape index (κ1) is 15.8. The van der Waals surface area contributed by atoms with Crippen LogP contribution in [0.3, 0.4) is 0 Å². The van der Waals surface area contributed by atoms with E-state index in [1.165, 1.54) is 47.8 Å². The molecular formula is C16H24N2S2. The van der Waals surface area contributed by atoms with Crippen LogP contribution in [-0.4, -0.2) is 28.9 Å². The van der Waals surface area contributed by atoms with Gasteiger partial charge in [0, 0.05) is 0 Å². The lowest BCUT2D eigenvalue weighted by Crippen LogP contribution is -2.25. The lowest BCUT2D eigenvalue weighted by molar-refractivity contribution is 0.310. The van der Waals surface area contributed by atoms with Crippen LogP contribution in [0.1, 0.15) is 39.5 Å². The van der Waals surface area contributed by atoms with E-state index in [4.69, 9.17) is 4.98 Å². The average Bonchev–Trinajstić information content (AvgIpc) is 2.89. The Morgan fingerprint density at radius 3 is 2.45 bits per heavy atom. The van der Waals surface area contributed by atoms with Gasteiger partial charge in [-0.05, 0) is 38.1 Å². The number of hydrogen-bond acceptors (Lipinski definition) is 4. The maximum atomic E-state index is 4.70. The second-order valence-corrected chi connectivity index (χ2v) is 7.27. The molecule has 0 saturated heterocycles. The molecule has 0 aliphatic heterocycles. The first-order valence-electron chi connectivity index (χ1n) is 7.54. The molecule has 0 amide bonds. The first-order chi connectivity index (χ1) is 9.83. The van der Waals surface area contributed by atoms with Crippen molar-refractivity contribution >= 4 is 33.3 Å². The predicted octanol–water partition coefficient (Wildman–Crippen LogP) is 5.25. The van der Waals surface area contributed by atoms with Crippen LogP contribution in [0, 0.1) is 0 Å². The fourth-order valence-electron chi connectivity index (χ4n) is 2.06. The maximum Gasteiger partial charge on any atom is 0.152 e. The highest BCUT2D eigenvalue weighted by atomic mass is 32.2. The molecule has 1 aromatic carbocycles. The predicted molar refractivity (Wildman–Crippen MR) is 91.7 cm³/mol. The Hall–Kier alpha value is -0.580. The van der Waals surface area contributed by atoms with E-state index in [1.807, 2.05) is 23.1 Å².